The molecule has 0 unspecified atom stereocenters. The molecular weight excluding hydrogens is 312 g/mol. The van der Waals surface area contributed by atoms with Crippen LogP contribution in [0, 0.1) is 0 Å². The summed E-state index contributed by atoms with van der Waals surface area (Å²) in [7, 11) is 1.49. The van der Waals surface area contributed by atoms with Crippen LogP contribution in [-0.2, 0) is 0 Å². The summed E-state index contributed by atoms with van der Waals surface area (Å²) in [5.74, 6) is 0.905. The minimum Gasteiger partial charge on any atom is -0.503 e. The fraction of sp³-hybridized carbons (Fsp3) is 0.0556. The van der Waals surface area contributed by atoms with Crippen LogP contribution in [0.3, 0.4) is 0 Å². The van der Waals surface area contributed by atoms with E-state index in [1.54, 1.807) is 12.1 Å². The van der Waals surface area contributed by atoms with Crippen LogP contribution in [0.2, 0.25) is 5.02 Å². The van der Waals surface area contributed by atoms with Crippen LogP contribution in [0.15, 0.2) is 53.5 Å². The van der Waals surface area contributed by atoms with E-state index in [1.807, 2.05) is 24.3 Å². The first-order valence-corrected chi connectivity index (χ1v) is 7.49. The summed E-state index contributed by atoms with van der Waals surface area (Å²) < 4.78 is 5.17. The molecule has 23 heavy (non-hydrogen) atoms. The second-order valence-electron chi connectivity index (χ2n) is 5.28. The molecule has 0 spiro atoms. The predicted molar refractivity (Wildman–Crippen MR) is 93.4 cm³/mol. The van der Waals surface area contributed by atoms with Crippen molar-refractivity contribution in [3.8, 4) is 11.5 Å². The Bertz CT molecular complexity index is 961. The van der Waals surface area contributed by atoms with Crippen molar-refractivity contribution in [2.45, 2.75) is 0 Å². The van der Waals surface area contributed by atoms with Crippen molar-refractivity contribution < 1.29 is 9.84 Å². The average Bonchev–Trinajstić information content (AvgIpc) is 2.57. The van der Waals surface area contributed by atoms with E-state index in [9.17, 15) is 5.11 Å². The Morgan fingerprint density at radius 1 is 1.13 bits per heavy atom. The second-order valence-corrected chi connectivity index (χ2v) is 5.68. The molecule has 0 aromatic heterocycles. The standard InChI is InChI=1S/C18H13ClN2O2/c1-23-15-9-11(8-12(19)17(15)22)18-20-13-6-2-4-10-5-3-7-14(21-18)16(10)13/h2-9,22H,1H3,(H,20,21). The van der Waals surface area contributed by atoms with E-state index >= 15 is 0 Å². The van der Waals surface area contributed by atoms with Gasteiger partial charge in [0.25, 0.3) is 0 Å². The minimum absolute atomic E-state index is 0.0724. The summed E-state index contributed by atoms with van der Waals surface area (Å²) >= 11 is 6.09. The van der Waals surface area contributed by atoms with Crippen molar-refractivity contribution in [1.29, 1.82) is 0 Å². The lowest BCUT2D eigenvalue weighted by atomic mass is 10.0. The van der Waals surface area contributed by atoms with Crippen LogP contribution in [0.4, 0.5) is 11.4 Å². The van der Waals surface area contributed by atoms with E-state index < -0.39 is 0 Å². The molecule has 5 heteroatoms. The van der Waals surface area contributed by atoms with Crippen LogP contribution >= 0.6 is 11.6 Å². The Balaban J connectivity index is 1.91. The first-order chi connectivity index (χ1) is 11.2. The third kappa shape index (κ3) is 2.19. The smallest absolute Gasteiger partial charge is 0.176 e. The van der Waals surface area contributed by atoms with E-state index in [0.29, 0.717) is 11.6 Å². The fourth-order valence-corrected chi connectivity index (χ4v) is 3.01. The number of methoxy groups -OCH3 is 1. The van der Waals surface area contributed by atoms with Gasteiger partial charge in [0.05, 0.1) is 17.8 Å². The molecule has 3 aromatic rings. The molecule has 4 rings (SSSR count). The average molecular weight is 325 g/mol. The Hall–Kier alpha value is -2.72. The van der Waals surface area contributed by atoms with Gasteiger partial charge in [-0.1, -0.05) is 35.9 Å². The second kappa shape index (κ2) is 5.18. The van der Waals surface area contributed by atoms with Crippen molar-refractivity contribution >= 4 is 39.6 Å². The quantitative estimate of drug-likeness (QED) is 0.717. The summed E-state index contributed by atoms with van der Waals surface area (Å²) in [5, 5.41) is 15.7. The number of aromatic hydroxyl groups is 1. The molecule has 114 valence electrons. The molecule has 3 aromatic carbocycles. The molecule has 0 aliphatic carbocycles. The maximum atomic E-state index is 9.88. The Morgan fingerprint density at radius 3 is 2.70 bits per heavy atom. The fourth-order valence-electron chi connectivity index (χ4n) is 2.80. The maximum Gasteiger partial charge on any atom is 0.176 e. The molecule has 1 heterocycles. The van der Waals surface area contributed by atoms with Gasteiger partial charge in [0.15, 0.2) is 11.5 Å². The van der Waals surface area contributed by atoms with Gasteiger partial charge < -0.3 is 15.2 Å². The van der Waals surface area contributed by atoms with Crippen molar-refractivity contribution in [2.24, 2.45) is 4.99 Å². The summed E-state index contributed by atoms with van der Waals surface area (Å²) in [6.07, 6.45) is 0. The lowest BCUT2D eigenvalue weighted by Crippen LogP contribution is -2.16. The van der Waals surface area contributed by atoms with Gasteiger partial charge in [0.1, 0.15) is 5.84 Å². The summed E-state index contributed by atoms with van der Waals surface area (Å²) in [6, 6.07) is 15.5. The van der Waals surface area contributed by atoms with Gasteiger partial charge in [-0.25, -0.2) is 4.99 Å². The molecule has 0 radical (unpaired) electrons. The van der Waals surface area contributed by atoms with E-state index in [2.05, 4.69) is 22.4 Å². The monoisotopic (exact) mass is 324 g/mol. The van der Waals surface area contributed by atoms with Crippen molar-refractivity contribution in [1.82, 2.24) is 0 Å². The van der Waals surface area contributed by atoms with Crippen molar-refractivity contribution in [2.75, 3.05) is 12.4 Å². The zero-order valence-electron chi connectivity index (χ0n) is 12.3. The summed E-state index contributed by atoms with van der Waals surface area (Å²) in [5.41, 5.74) is 2.64. The van der Waals surface area contributed by atoms with Crippen LogP contribution in [0.5, 0.6) is 11.5 Å². The number of amidine groups is 1. The highest BCUT2D eigenvalue weighted by Crippen LogP contribution is 2.39. The normalized spacial score (nSPS) is 12.7. The number of ether oxygens (including phenoxy) is 1. The number of aliphatic imine (C=N–C) groups is 1. The van der Waals surface area contributed by atoms with E-state index in [0.717, 1.165) is 27.7 Å². The Labute approximate surface area is 138 Å². The highest BCUT2D eigenvalue weighted by Gasteiger charge is 2.18. The molecule has 0 saturated carbocycles. The number of anilines is 1. The predicted octanol–water partition coefficient (Wildman–Crippen LogP) is 4.71. The maximum absolute atomic E-state index is 9.88. The molecule has 0 atom stereocenters. The molecule has 1 aliphatic rings. The first-order valence-electron chi connectivity index (χ1n) is 7.11. The number of benzene rings is 3. The highest BCUT2D eigenvalue weighted by molar-refractivity contribution is 6.33. The van der Waals surface area contributed by atoms with Gasteiger partial charge in [-0.2, -0.15) is 0 Å². The highest BCUT2D eigenvalue weighted by atomic mass is 35.5. The Kier molecular flexibility index (Phi) is 3.13. The third-order valence-corrected chi connectivity index (χ3v) is 4.18. The zero-order valence-corrected chi connectivity index (χ0v) is 13.1. The van der Waals surface area contributed by atoms with Gasteiger partial charge in [0, 0.05) is 16.6 Å². The van der Waals surface area contributed by atoms with Gasteiger partial charge in [-0.15, -0.1) is 0 Å². The summed E-state index contributed by atoms with van der Waals surface area (Å²) in [6.45, 7) is 0. The van der Waals surface area contributed by atoms with Crippen LogP contribution in [-0.4, -0.2) is 18.1 Å². The van der Waals surface area contributed by atoms with E-state index in [4.69, 9.17) is 16.3 Å². The number of rotatable bonds is 2. The van der Waals surface area contributed by atoms with Crippen LogP contribution in [0.25, 0.3) is 10.8 Å². The molecule has 0 amide bonds. The largest absolute Gasteiger partial charge is 0.503 e. The molecular formula is C18H13ClN2O2. The van der Waals surface area contributed by atoms with E-state index in [1.165, 1.54) is 7.11 Å². The van der Waals surface area contributed by atoms with Gasteiger partial charge in [-0.3, -0.25) is 0 Å². The number of nitrogens with one attached hydrogen (secondary N) is 1. The van der Waals surface area contributed by atoms with Gasteiger partial charge in [-0.05, 0) is 29.7 Å². The SMILES string of the molecule is COc1cc(C2=Nc3cccc4cccc(c34)N2)cc(Cl)c1O. The Morgan fingerprint density at radius 2 is 1.91 bits per heavy atom. The zero-order chi connectivity index (χ0) is 16.0. The number of nitrogens with zero attached hydrogens (tertiary/aromatic N) is 1. The number of halogens is 1. The molecule has 0 fully saturated rings. The van der Waals surface area contributed by atoms with Crippen molar-refractivity contribution in [3.63, 3.8) is 0 Å². The molecule has 0 saturated heterocycles. The molecule has 4 nitrogen and oxygen atoms in total. The van der Waals surface area contributed by atoms with E-state index in [-0.39, 0.29) is 10.8 Å². The van der Waals surface area contributed by atoms with Crippen LogP contribution < -0.4 is 10.1 Å². The minimum atomic E-state index is -0.0724. The molecule has 0 bridgehead atoms. The number of phenols is 1. The van der Waals surface area contributed by atoms with Gasteiger partial charge in [0.2, 0.25) is 0 Å². The van der Waals surface area contributed by atoms with Crippen molar-refractivity contribution in [3.05, 3.63) is 59.1 Å². The first kappa shape index (κ1) is 13.9. The summed E-state index contributed by atoms with van der Waals surface area (Å²) in [4.78, 5) is 4.69. The molecule has 2 N–H and O–H groups in total. The number of phenolic OH excluding ortho intramolecular Hbond substituents is 1. The topological polar surface area (TPSA) is 53.8 Å². The molecule has 1 aliphatic heterocycles. The lowest BCUT2D eigenvalue weighted by Gasteiger charge is -2.19. The number of hydrogen-bond acceptors (Lipinski definition) is 4. The van der Waals surface area contributed by atoms with Crippen LogP contribution in [0.1, 0.15) is 5.56 Å². The van der Waals surface area contributed by atoms with Gasteiger partial charge >= 0.3 is 0 Å². The number of hydrogen-bond donors (Lipinski definition) is 2. The lowest BCUT2D eigenvalue weighted by molar-refractivity contribution is 0.373. The third-order valence-electron chi connectivity index (χ3n) is 3.89.